The summed E-state index contributed by atoms with van der Waals surface area (Å²) in [4.78, 5) is 6.73. The Bertz CT molecular complexity index is 584. The molecular weight excluding hydrogens is 244 g/mol. The zero-order valence-corrected chi connectivity index (χ0v) is 11.4. The van der Waals surface area contributed by atoms with Crippen molar-refractivity contribution in [1.82, 2.24) is 4.98 Å². The Kier molecular flexibility index (Phi) is 3.68. The molecule has 2 aromatic rings. The summed E-state index contributed by atoms with van der Waals surface area (Å²) >= 11 is 1.62. The highest BCUT2D eigenvalue weighted by atomic mass is 32.1. The maximum absolute atomic E-state index is 8.89. The first kappa shape index (κ1) is 12.7. The van der Waals surface area contributed by atoms with E-state index in [1.165, 1.54) is 0 Å². The molecule has 1 unspecified atom stereocenters. The summed E-state index contributed by atoms with van der Waals surface area (Å²) in [5.74, 6) is 0.00188. The molecule has 0 saturated carbocycles. The molecule has 94 valence electrons. The van der Waals surface area contributed by atoms with Crippen molar-refractivity contribution in [2.24, 2.45) is 5.92 Å². The van der Waals surface area contributed by atoms with Crippen LogP contribution in [0.25, 0.3) is 10.2 Å². The highest BCUT2D eigenvalue weighted by Gasteiger charge is 2.13. The van der Waals surface area contributed by atoms with E-state index in [1.807, 2.05) is 25.1 Å². The van der Waals surface area contributed by atoms with Gasteiger partial charge in [0.05, 0.1) is 22.2 Å². The third-order valence-electron chi connectivity index (χ3n) is 2.77. The molecule has 4 nitrogen and oxygen atoms in total. The minimum atomic E-state index is 0.00188. The van der Waals surface area contributed by atoms with Gasteiger partial charge in [0.1, 0.15) is 0 Å². The van der Waals surface area contributed by atoms with Crippen molar-refractivity contribution in [2.75, 3.05) is 23.7 Å². The largest absolute Gasteiger partial charge is 0.399 e. The Labute approximate surface area is 111 Å². The van der Waals surface area contributed by atoms with E-state index in [0.29, 0.717) is 6.54 Å². The minimum absolute atomic E-state index is 0.00188. The van der Waals surface area contributed by atoms with E-state index >= 15 is 0 Å². The van der Waals surface area contributed by atoms with Gasteiger partial charge in [-0.3, -0.25) is 0 Å². The number of hydrogen-bond donors (Lipinski definition) is 1. The number of nitrogens with zero attached hydrogens (tertiary/aromatic N) is 3. The van der Waals surface area contributed by atoms with Gasteiger partial charge >= 0.3 is 0 Å². The van der Waals surface area contributed by atoms with Crippen molar-refractivity contribution >= 4 is 32.4 Å². The van der Waals surface area contributed by atoms with Crippen molar-refractivity contribution in [3.8, 4) is 6.07 Å². The summed E-state index contributed by atoms with van der Waals surface area (Å²) in [5.41, 5.74) is 7.49. The van der Waals surface area contributed by atoms with Crippen LogP contribution in [0, 0.1) is 17.2 Å². The van der Waals surface area contributed by atoms with Gasteiger partial charge in [-0.1, -0.05) is 11.3 Å². The number of anilines is 2. The lowest BCUT2D eigenvalue weighted by atomic mass is 10.2. The molecule has 0 bridgehead atoms. The highest BCUT2D eigenvalue weighted by Crippen LogP contribution is 2.30. The van der Waals surface area contributed by atoms with Crippen LogP contribution in [0.2, 0.25) is 0 Å². The quantitative estimate of drug-likeness (QED) is 0.858. The average molecular weight is 260 g/mol. The second-order valence-electron chi connectivity index (χ2n) is 4.29. The number of hydrogen-bond acceptors (Lipinski definition) is 5. The van der Waals surface area contributed by atoms with E-state index in [0.717, 1.165) is 27.6 Å². The van der Waals surface area contributed by atoms with Crippen LogP contribution in [0.1, 0.15) is 13.8 Å². The van der Waals surface area contributed by atoms with Crippen molar-refractivity contribution < 1.29 is 0 Å². The van der Waals surface area contributed by atoms with Crippen LogP contribution >= 0.6 is 11.3 Å². The first-order valence-electron chi connectivity index (χ1n) is 5.94. The smallest absolute Gasteiger partial charge is 0.186 e. The van der Waals surface area contributed by atoms with E-state index < -0.39 is 0 Å². The van der Waals surface area contributed by atoms with Gasteiger partial charge in [0.25, 0.3) is 0 Å². The Morgan fingerprint density at radius 1 is 1.56 bits per heavy atom. The molecule has 0 spiro atoms. The van der Waals surface area contributed by atoms with E-state index in [-0.39, 0.29) is 5.92 Å². The van der Waals surface area contributed by atoms with Gasteiger partial charge in [0.2, 0.25) is 0 Å². The van der Waals surface area contributed by atoms with Gasteiger partial charge in [-0.25, -0.2) is 4.98 Å². The first-order valence-corrected chi connectivity index (χ1v) is 6.76. The number of nitrogens with two attached hydrogens (primary N) is 1. The molecule has 5 heteroatoms. The molecule has 2 rings (SSSR count). The Balaban J connectivity index is 2.31. The molecule has 18 heavy (non-hydrogen) atoms. The molecule has 0 amide bonds. The van der Waals surface area contributed by atoms with Crippen LogP contribution in [0.4, 0.5) is 10.8 Å². The number of thiazole rings is 1. The molecule has 0 aliphatic rings. The van der Waals surface area contributed by atoms with Crippen LogP contribution in [0.15, 0.2) is 18.2 Å². The number of fused-ring (bicyclic) bond motifs is 1. The molecule has 1 atom stereocenters. The molecule has 0 radical (unpaired) electrons. The van der Waals surface area contributed by atoms with Crippen LogP contribution in [-0.2, 0) is 0 Å². The van der Waals surface area contributed by atoms with Crippen molar-refractivity contribution in [2.45, 2.75) is 13.8 Å². The number of benzene rings is 1. The standard InChI is InChI=1S/C13H16N4S/c1-3-17(8-9(2)7-14)13-16-11-5-4-10(15)6-12(11)18-13/h4-6,9H,3,8,15H2,1-2H3. The van der Waals surface area contributed by atoms with Crippen LogP contribution < -0.4 is 10.6 Å². The van der Waals surface area contributed by atoms with Crippen LogP contribution in [-0.4, -0.2) is 18.1 Å². The molecule has 0 aliphatic heterocycles. The predicted octanol–water partition coefficient (Wildman–Crippen LogP) is 2.86. The minimum Gasteiger partial charge on any atom is -0.399 e. The van der Waals surface area contributed by atoms with Crippen molar-refractivity contribution in [1.29, 1.82) is 5.26 Å². The second kappa shape index (κ2) is 5.23. The fraction of sp³-hybridized carbons (Fsp3) is 0.385. The molecule has 1 aromatic carbocycles. The summed E-state index contributed by atoms with van der Waals surface area (Å²) in [6.45, 7) is 5.56. The third-order valence-corrected chi connectivity index (χ3v) is 3.85. The van der Waals surface area contributed by atoms with Crippen molar-refractivity contribution in [3.05, 3.63) is 18.2 Å². The lowest BCUT2D eigenvalue weighted by Crippen LogP contribution is -2.27. The molecule has 1 aromatic heterocycles. The lowest BCUT2D eigenvalue weighted by Gasteiger charge is -2.20. The fourth-order valence-electron chi connectivity index (χ4n) is 1.78. The summed E-state index contributed by atoms with van der Waals surface area (Å²) in [7, 11) is 0. The lowest BCUT2D eigenvalue weighted by molar-refractivity contribution is 0.685. The van der Waals surface area contributed by atoms with Crippen LogP contribution in [0.3, 0.4) is 0 Å². The first-order chi connectivity index (χ1) is 8.63. The molecule has 0 fully saturated rings. The Hall–Kier alpha value is -1.80. The number of nitriles is 1. The molecule has 0 saturated heterocycles. The van der Waals surface area contributed by atoms with Gasteiger partial charge < -0.3 is 10.6 Å². The maximum Gasteiger partial charge on any atom is 0.186 e. The monoisotopic (exact) mass is 260 g/mol. The topological polar surface area (TPSA) is 65.9 Å². The zero-order valence-electron chi connectivity index (χ0n) is 10.6. The summed E-state index contributed by atoms with van der Waals surface area (Å²) < 4.78 is 1.09. The molecule has 1 heterocycles. The van der Waals surface area contributed by atoms with Gasteiger partial charge in [-0.2, -0.15) is 5.26 Å². The fourth-order valence-corrected chi connectivity index (χ4v) is 2.86. The van der Waals surface area contributed by atoms with Gasteiger partial charge in [-0.05, 0) is 32.0 Å². The summed E-state index contributed by atoms with van der Waals surface area (Å²) in [5, 5.41) is 9.85. The number of nitrogen functional groups attached to an aromatic ring is 1. The zero-order chi connectivity index (χ0) is 13.1. The molecular formula is C13H16N4S. The van der Waals surface area contributed by atoms with Crippen LogP contribution in [0.5, 0.6) is 0 Å². The molecule has 0 aliphatic carbocycles. The number of rotatable bonds is 4. The SMILES string of the molecule is CCN(CC(C)C#N)c1nc2ccc(N)cc2s1. The van der Waals surface area contributed by atoms with Gasteiger partial charge in [-0.15, -0.1) is 0 Å². The average Bonchev–Trinajstić information content (AvgIpc) is 2.78. The maximum atomic E-state index is 8.89. The summed E-state index contributed by atoms with van der Waals surface area (Å²) in [6.07, 6.45) is 0. The highest BCUT2D eigenvalue weighted by molar-refractivity contribution is 7.22. The van der Waals surface area contributed by atoms with Gasteiger partial charge in [0, 0.05) is 18.8 Å². The third kappa shape index (κ3) is 2.54. The van der Waals surface area contributed by atoms with Crippen molar-refractivity contribution in [3.63, 3.8) is 0 Å². The van der Waals surface area contributed by atoms with Gasteiger partial charge in [0.15, 0.2) is 5.13 Å². The summed E-state index contributed by atoms with van der Waals surface area (Å²) in [6, 6.07) is 8.00. The van der Waals surface area contributed by atoms with E-state index in [4.69, 9.17) is 11.0 Å². The Morgan fingerprint density at radius 3 is 3.00 bits per heavy atom. The number of aromatic nitrogens is 1. The van der Waals surface area contributed by atoms with E-state index in [9.17, 15) is 0 Å². The normalized spacial score (nSPS) is 12.3. The predicted molar refractivity (Wildman–Crippen MR) is 76.7 cm³/mol. The van der Waals surface area contributed by atoms with E-state index in [2.05, 4.69) is 22.9 Å². The molecule has 2 N–H and O–H groups in total. The van der Waals surface area contributed by atoms with E-state index in [1.54, 1.807) is 11.3 Å². The Morgan fingerprint density at radius 2 is 2.33 bits per heavy atom. The second-order valence-corrected chi connectivity index (χ2v) is 5.30.